The predicted octanol–water partition coefficient (Wildman–Crippen LogP) is 3.49. The molecular formula is C12H12Cl2O3. The van der Waals surface area contributed by atoms with Crippen LogP contribution in [0.15, 0.2) is 30.4 Å². The van der Waals surface area contributed by atoms with E-state index in [0.717, 1.165) is 0 Å². The van der Waals surface area contributed by atoms with Gasteiger partial charge >= 0.3 is 5.97 Å². The van der Waals surface area contributed by atoms with Crippen molar-refractivity contribution in [1.29, 1.82) is 0 Å². The van der Waals surface area contributed by atoms with Crippen molar-refractivity contribution in [3.8, 4) is 5.75 Å². The summed E-state index contributed by atoms with van der Waals surface area (Å²) in [5.41, 5.74) is 0. The van der Waals surface area contributed by atoms with E-state index in [1.165, 1.54) is 6.08 Å². The van der Waals surface area contributed by atoms with Crippen molar-refractivity contribution in [1.82, 2.24) is 0 Å². The number of rotatable bonds is 5. The molecule has 0 amide bonds. The molecule has 0 saturated heterocycles. The van der Waals surface area contributed by atoms with Crippen LogP contribution in [0.1, 0.15) is 6.92 Å². The van der Waals surface area contributed by atoms with Gasteiger partial charge in [0.05, 0.1) is 5.02 Å². The zero-order chi connectivity index (χ0) is 12.7. The monoisotopic (exact) mass is 274 g/mol. The Balaban J connectivity index is 2.34. The Morgan fingerprint density at radius 2 is 2.12 bits per heavy atom. The van der Waals surface area contributed by atoms with Crippen molar-refractivity contribution in [2.75, 3.05) is 13.2 Å². The lowest BCUT2D eigenvalue weighted by atomic mass is 10.3. The number of carbonyl (C=O) groups is 1. The highest BCUT2D eigenvalue weighted by molar-refractivity contribution is 6.35. The minimum Gasteiger partial charge on any atom is -0.488 e. The summed E-state index contributed by atoms with van der Waals surface area (Å²) in [5, 5.41) is 0.971. The third kappa shape index (κ3) is 5.11. The molecular weight excluding hydrogens is 263 g/mol. The molecule has 92 valence electrons. The lowest BCUT2D eigenvalue weighted by molar-refractivity contribution is -0.138. The van der Waals surface area contributed by atoms with Crippen LogP contribution in [0.25, 0.3) is 0 Å². The lowest BCUT2D eigenvalue weighted by Crippen LogP contribution is -2.10. The lowest BCUT2D eigenvalue weighted by Gasteiger charge is -2.08. The van der Waals surface area contributed by atoms with Gasteiger partial charge in [-0.25, -0.2) is 4.79 Å². The molecule has 0 spiro atoms. The fourth-order valence-electron chi connectivity index (χ4n) is 1.07. The summed E-state index contributed by atoms with van der Waals surface area (Å²) in [6.07, 6.45) is 2.95. The number of ether oxygens (including phenoxy) is 2. The Bertz CT molecular complexity index is 416. The van der Waals surface area contributed by atoms with Crippen molar-refractivity contribution in [2.45, 2.75) is 6.92 Å². The van der Waals surface area contributed by atoms with Crippen LogP contribution in [0.3, 0.4) is 0 Å². The number of hydrogen-bond acceptors (Lipinski definition) is 3. The van der Waals surface area contributed by atoms with Crippen LogP contribution in [-0.2, 0) is 9.53 Å². The quantitative estimate of drug-likeness (QED) is 0.468. The van der Waals surface area contributed by atoms with E-state index in [1.807, 2.05) is 0 Å². The van der Waals surface area contributed by atoms with Gasteiger partial charge in [-0.1, -0.05) is 29.3 Å². The number of halogens is 2. The molecule has 0 aliphatic rings. The normalized spacial score (nSPS) is 10.5. The molecule has 1 aromatic carbocycles. The van der Waals surface area contributed by atoms with E-state index in [0.29, 0.717) is 15.8 Å². The summed E-state index contributed by atoms with van der Waals surface area (Å²) < 4.78 is 10.2. The van der Waals surface area contributed by atoms with Crippen LogP contribution in [0.5, 0.6) is 5.75 Å². The molecule has 0 aliphatic carbocycles. The number of esters is 1. The van der Waals surface area contributed by atoms with E-state index in [9.17, 15) is 4.79 Å². The molecule has 0 fully saturated rings. The molecule has 5 heteroatoms. The first-order chi connectivity index (χ1) is 8.13. The van der Waals surface area contributed by atoms with Gasteiger partial charge in [0.1, 0.15) is 19.0 Å². The molecule has 1 aromatic rings. The fourth-order valence-corrected chi connectivity index (χ4v) is 1.53. The zero-order valence-electron chi connectivity index (χ0n) is 9.28. The molecule has 17 heavy (non-hydrogen) atoms. The average Bonchev–Trinajstić information content (AvgIpc) is 2.27. The van der Waals surface area contributed by atoms with Crippen LogP contribution >= 0.6 is 23.2 Å². The Kier molecular flexibility index (Phi) is 5.87. The Hall–Kier alpha value is -1.19. The number of hydrogen-bond donors (Lipinski definition) is 0. The van der Waals surface area contributed by atoms with Gasteiger partial charge in [0, 0.05) is 11.1 Å². The zero-order valence-corrected chi connectivity index (χ0v) is 10.8. The summed E-state index contributed by atoms with van der Waals surface area (Å²) in [4.78, 5) is 11.0. The van der Waals surface area contributed by atoms with E-state index in [-0.39, 0.29) is 13.2 Å². The highest BCUT2D eigenvalue weighted by Gasteiger charge is 2.02. The molecule has 0 aliphatic heterocycles. The maximum absolute atomic E-state index is 11.0. The Morgan fingerprint density at radius 3 is 2.76 bits per heavy atom. The summed E-state index contributed by atoms with van der Waals surface area (Å²) in [6.45, 7) is 2.15. The minimum absolute atomic E-state index is 0.169. The minimum atomic E-state index is -0.390. The molecule has 0 atom stereocenters. The van der Waals surface area contributed by atoms with E-state index in [4.69, 9.17) is 32.7 Å². The average molecular weight is 275 g/mol. The van der Waals surface area contributed by atoms with Crippen LogP contribution in [0.2, 0.25) is 10.0 Å². The van der Waals surface area contributed by atoms with Crippen LogP contribution < -0.4 is 4.74 Å². The molecule has 0 saturated carbocycles. The first kappa shape index (κ1) is 13.9. The predicted molar refractivity (Wildman–Crippen MR) is 67.7 cm³/mol. The number of carbonyl (C=O) groups excluding carboxylic acids is 1. The van der Waals surface area contributed by atoms with Gasteiger partial charge in [0.2, 0.25) is 0 Å². The molecule has 0 bridgehead atoms. The smallest absolute Gasteiger partial charge is 0.330 e. The van der Waals surface area contributed by atoms with E-state index < -0.39 is 5.97 Å². The topological polar surface area (TPSA) is 35.5 Å². The van der Waals surface area contributed by atoms with Gasteiger partial charge in [-0.3, -0.25) is 0 Å². The molecule has 3 nitrogen and oxygen atoms in total. The standard InChI is InChI=1S/C12H12Cl2O3/c1-2-3-12(15)17-7-6-16-11-5-4-9(13)8-10(11)14/h2-5,8H,6-7H2,1H3. The second kappa shape index (κ2) is 7.20. The van der Waals surface area contributed by atoms with Crippen LogP contribution in [0, 0.1) is 0 Å². The van der Waals surface area contributed by atoms with Crippen molar-refractivity contribution >= 4 is 29.2 Å². The summed E-state index contributed by atoms with van der Waals surface area (Å²) in [5.74, 6) is 0.122. The SMILES string of the molecule is CC=CC(=O)OCCOc1ccc(Cl)cc1Cl. The molecule has 0 aromatic heterocycles. The van der Waals surface area contributed by atoms with Crippen molar-refractivity contribution in [2.24, 2.45) is 0 Å². The third-order valence-corrected chi connectivity index (χ3v) is 2.31. The fraction of sp³-hybridized carbons (Fsp3) is 0.250. The maximum Gasteiger partial charge on any atom is 0.330 e. The second-order valence-electron chi connectivity index (χ2n) is 3.09. The first-order valence-electron chi connectivity index (χ1n) is 5.01. The summed E-state index contributed by atoms with van der Waals surface area (Å²) in [7, 11) is 0. The third-order valence-electron chi connectivity index (χ3n) is 1.78. The van der Waals surface area contributed by atoms with Gasteiger partial charge in [-0.2, -0.15) is 0 Å². The van der Waals surface area contributed by atoms with E-state index in [2.05, 4.69) is 0 Å². The van der Waals surface area contributed by atoms with E-state index >= 15 is 0 Å². The maximum atomic E-state index is 11.0. The van der Waals surface area contributed by atoms with Crippen LogP contribution in [0.4, 0.5) is 0 Å². The Morgan fingerprint density at radius 1 is 1.35 bits per heavy atom. The molecule has 0 unspecified atom stereocenters. The van der Waals surface area contributed by atoms with Crippen LogP contribution in [-0.4, -0.2) is 19.2 Å². The van der Waals surface area contributed by atoms with Crippen molar-refractivity contribution in [3.05, 3.63) is 40.4 Å². The van der Waals surface area contributed by atoms with Crippen molar-refractivity contribution in [3.63, 3.8) is 0 Å². The highest BCUT2D eigenvalue weighted by Crippen LogP contribution is 2.27. The number of benzene rings is 1. The molecule has 0 radical (unpaired) electrons. The van der Waals surface area contributed by atoms with Gasteiger partial charge < -0.3 is 9.47 Å². The second-order valence-corrected chi connectivity index (χ2v) is 3.93. The Labute approximate surface area is 110 Å². The number of allylic oxidation sites excluding steroid dienone is 1. The van der Waals surface area contributed by atoms with Gasteiger partial charge in [0.15, 0.2) is 0 Å². The van der Waals surface area contributed by atoms with Crippen molar-refractivity contribution < 1.29 is 14.3 Å². The summed E-state index contributed by atoms with van der Waals surface area (Å²) in [6, 6.07) is 4.93. The van der Waals surface area contributed by atoms with Gasteiger partial charge in [0.25, 0.3) is 0 Å². The van der Waals surface area contributed by atoms with Gasteiger partial charge in [-0.05, 0) is 25.1 Å². The van der Waals surface area contributed by atoms with E-state index in [1.54, 1.807) is 31.2 Å². The summed E-state index contributed by atoms with van der Waals surface area (Å²) >= 11 is 11.6. The molecule has 0 N–H and O–H groups in total. The van der Waals surface area contributed by atoms with Gasteiger partial charge in [-0.15, -0.1) is 0 Å². The highest BCUT2D eigenvalue weighted by atomic mass is 35.5. The molecule has 1 rings (SSSR count). The molecule has 0 heterocycles. The largest absolute Gasteiger partial charge is 0.488 e. The first-order valence-corrected chi connectivity index (χ1v) is 5.76.